The lowest BCUT2D eigenvalue weighted by atomic mass is 9.66. The first-order valence-corrected chi connectivity index (χ1v) is 5.51. The summed E-state index contributed by atoms with van der Waals surface area (Å²) in [5, 5.41) is 9.75. The molecule has 2 fully saturated rings. The van der Waals surface area contributed by atoms with E-state index in [9.17, 15) is 9.82 Å². The third kappa shape index (κ3) is 1.50. The first-order valence-electron chi connectivity index (χ1n) is 5.51. The number of carbonyl (C=O) groups is 1. The van der Waals surface area contributed by atoms with Crippen LogP contribution < -0.4 is 0 Å². The summed E-state index contributed by atoms with van der Waals surface area (Å²) >= 11 is 0. The first-order chi connectivity index (χ1) is 6.53. The third-order valence-electron chi connectivity index (χ3n) is 3.71. The zero-order chi connectivity index (χ0) is 10.3. The van der Waals surface area contributed by atoms with Crippen LogP contribution in [-0.4, -0.2) is 34.2 Å². The van der Waals surface area contributed by atoms with Crippen LogP contribution in [0.25, 0.3) is 0 Å². The second kappa shape index (κ2) is 3.35. The van der Waals surface area contributed by atoms with Gasteiger partial charge in [-0.15, -0.1) is 0 Å². The normalized spacial score (nSPS) is 38.5. The minimum absolute atomic E-state index is 0.0770. The van der Waals surface area contributed by atoms with Gasteiger partial charge in [-0.3, -0.25) is 4.79 Å². The van der Waals surface area contributed by atoms with Crippen molar-refractivity contribution in [1.82, 2.24) is 4.81 Å². The van der Waals surface area contributed by atoms with Gasteiger partial charge >= 0.3 is 7.05 Å². The van der Waals surface area contributed by atoms with Gasteiger partial charge in [-0.2, -0.15) is 0 Å². The zero-order valence-corrected chi connectivity index (χ0v) is 8.99. The molecule has 0 spiro atoms. The SMILES string of the molecule is CB(O)N1C2CCCC1(C)CC(=O)C2. The second-order valence-electron chi connectivity index (χ2n) is 5.00. The van der Waals surface area contributed by atoms with Gasteiger partial charge in [-0.1, -0.05) is 6.42 Å². The Hall–Kier alpha value is -0.345. The molecule has 2 unspecified atom stereocenters. The number of hydrogen-bond acceptors (Lipinski definition) is 3. The highest BCUT2D eigenvalue weighted by Crippen LogP contribution is 2.40. The number of rotatable bonds is 1. The van der Waals surface area contributed by atoms with Crippen LogP contribution in [0.1, 0.15) is 39.0 Å². The molecule has 2 bridgehead atoms. The van der Waals surface area contributed by atoms with E-state index < -0.39 is 7.05 Å². The summed E-state index contributed by atoms with van der Waals surface area (Å²) in [6.07, 6.45) is 4.55. The number of Topliss-reactive ketones (excluding diaryl/α,β-unsaturated/α-hetero) is 1. The third-order valence-corrected chi connectivity index (χ3v) is 3.71. The molecule has 2 aliphatic rings. The van der Waals surface area contributed by atoms with Gasteiger partial charge in [0.15, 0.2) is 0 Å². The lowest BCUT2D eigenvalue weighted by Gasteiger charge is -2.53. The van der Waals surface area contributed by atoms with E-state index in [2.05, 4.69) is 11.7 Å². The molecule has 2 rings (SSSR count). The Kier molecular flexibility index (Phi) is 2.44. The molecule has 0 saturated carbocycles. The maximum Gasteiger partial charge on any atom is 0.377 e. The molecule has 2 atom stereocenters. The Bertz CT molecular complexity index is 257. The van der Waals surface area contributed by atoms with Gasteiger partial charge in [0.25, 0.3) is 0 Å². The first kappa shape index (κ1) is 10.2. The summed E-state index contributed by atoms with van der Waals surface area (Å²) in [5.74, 6) is 0.370. The van der Waals surface area contributed by atoms with Gasteiger partial charge in [0.2, 0.25) is 0 Å². The summed E-state index contributed by atoms with van der Waals surface area (Å²) < 4.78 is 0. The predicted octanol–water partition coefficient (Wildman–Crippen LogP) is 1.07. The molecule has 0 amide bonds. The molecule has 0 aromatic rings. The Labute approximate surface area is 85.6 Å². The van der Waals surface area contributed by atoms with Crippen LogP contribution in [0.15, 0.2) is 0 Å². The zero-order valence-electron chi connectivity index (χ0n) is 8.99. The fourth-order valence-corrected chi connectivity index (χ4v) is 3.32. The van der Waals surface area contributed by atoms with Gasteiger partial charge in [-0.05, 0) is 26.6 Å². The molecule has 1 N–H and O–H groups in total. The molecule has 3 nitrogen and oxygen atoms in total. The molecule has 0 radical (unpaired) electrons. The van der Waals surface area contributed by atoms with Gasteiger partial charge < -0.3 is 9.83 Å². The van der Waals surface area contributed by atoms with E-state index in [1.165, 1.54) is 6.42 Å². The van der Waals surface area contributed by atoms with Crippen molar-refractivity contribution in [2.75, 3.05) is 0 Å². The number of piperidine rings is 2. The van der Waals surface area contributed by atoms with E-state index in [0.717, 1.165) is 12.8 Å². The minimum atomic E-state index is -0.418. The van der Waals surface area contributed by atoms with Gasteiger partial charge in [0, 0.05) is 24.4 Å². The molecule has 78 valence electrons. The number of carbonyl (C=O) groups excluding carboxylic acids is 1. The molecule has 0 aromatic heterocycles. The molecule has 0 aromatic carbocycles. The van der Waals surface area contributed by atoms with E-state index >= 15 is 0 Å². The van der Waals surface area contributed by atoms with E-state index in [4.69, 9.17) is 0 Å². The fraction of sp³-hybridized carbons (Fsp3) is 0.900. The molecular weight excluding hydrogens is 177 g/mol. The minimum Gasteiger partial charge on any atom is -0.437 e. The van der Waals surface area contributed by atoms with Crippen LogP contribution in [0.3, 0.4) is 0 Å². The summed E-state index contributed by atoms with van der Waals surface area (Å²) in [7, 11) is -0.418. The van der Waals surface area contributed by atoms with Crippen molar-refractivity contribution in [2.24, 2.45) is 0 Å². The molecule has 14 heavy (non-hydrogen) atoms. The monoisotopic (exact) mass is 195 g/mol. The van der Waals surface area contributed by atoms with Crippen LogP contribution in [-0.2, 0) is 4.79 Å². The van der Waals surface area contributed by atoms with Crippen LogP contribution in [0, 0.1) is 0 Å². The average molecular weight is 195 g/mol. The van der Waals surface area contributed by atoms with Crippen molar-refractivity contribution in [2.45, 2.75) is 57.4 Å². The second-order valence-corrected chi connectivity index (χ2v) is 5.00. The number of nitrogens with zero attached hydrogens (tertiary/aromatic N) is 1. The van der Waals surface area contributed by atoms with Crippen LogP contribution >= 0.6 is 0 Å². The van der Waals surface area contributed by atoms with E-state index in [0.29, 0.717) is 18.6 Å². The number of ketones is 1. The lowest BCUT2D eigenvalue weighted by Crippen LogP contribution is -2.64. The maximum absolute atomic E-state index is 11.5. The van der Waals surface area contributed by atoms with Crippen molar-refractivity contribution < 1.29 is 9.82 Å². The van der Waals surface area contributed by atoms with E-state index in [1.54, 1.807) is 0 Å². The summed E-state index contributed by atoms with van der Waals surface area (Å²) in [6, 6.07) is 0.287. The van der Waals surface area contributed by atoms with Crippen molar-refractivity contribution >= 4 is 12.8 Å². The van der Waals surface area contributed by atoms with Crippen molar-refractivity contribution in [3.8, 4) is 0 Å². The largest absolute Gasteiger partial charge is 0.437 e. The fourth-order valence-electron chi connectivity index (χ4n) is 3.32. The Morgan fingerprint density at radius 2 is 2.36 bits per heavy atom. The highest BCUT2D eigenvalue weighted by molar-refractivity contribution is 6.45. The molecule has 2 saturated heterocycles. The summed E-state index contributed by atoms with van der Waals surface area (Å²) in [4.78, 5) is 13.7. The topological polar surface area (TPSA) is 40.5 Å². The summed E-state index contributed by atoms with van der Waals surface area (Å²) in [5.41, 5.74) is -0.0770. The van der Waals surface area contributed by atoms with Crippen molar-refractivity contribution in [3.63, 3.8) is 0 Å². The number of fused-ring (bicyclic) bond motifs is 2. The van der Waals surface area contributed by atoms with Crippen LogP contribution in [0.2, 0.25) is 6.82 Å². The Balaban J connectivity index is 2.27. The quantitative estimate of drug-likeness (QED) is 0.636. The standard InChI is InChI=1S/C10H18BNO2/c1-10-5-3-4-8(6-9(13)7-10)12(10)11(2)14/h8,14H,3-7H2,1-2H3. The highest BCUT2D eigenvalue weighted by Gasteiger charge is 2.48. The van der Waals surface area contributed by atoms with Crippen LogP contribution in [0.4, 0.5) is 0 Å². The Morgan fingerprint density at radius 1 is 1.64 bits per heavy atom. The average Bonchev–Trinajstić information content (AvgIpc) is 1.99. The Morgan fingerprint density at radius 3 is 2.93 bits per heavy atom. The molecule has 4 heteroatoms. The highest BCUT2D eigenvalue weighted by atomic mass is 16.2. The molecule has 0 aliphatic carbocycles. The smallest absolute Gasteiger partial charge is 0.377 e. The van der Waals surface area contributed by atoms with Crippen LogP contribution in [0.5, 0.6) is 0 Å². The van der Waals surface area contributed by atoms with Gasteiger partial charge in [0.1, 0.15) is 5.78 Å². The maximum atomic E-state index is 11.5. The summed E-state index contributed by atoms with van der Waals surface area (Å²) in [6.45, 7) is 3.93. The molecule has 2 aliphatic heterocycles. The van der Waals surface area contributed by atoms with Crippen molar-refractivity contribution in [1.29, 1.82) is 0 Å². The van der Waals surface area contributed by atoms with Gasteiger partial charge in [0.05, 0.1) is 0 Å². The van der Waals surface area contributed by atoms with Gasteiger partial charge in [-0.25, -0.2) is 0 Å². The number of hydrogen-bond donors (Lipinski definition) is 1. The van der Waals surface area contributed by atoms with E-state index in [1.807, 2.05) is 6.82 Å². The lowest BCUT2D eigenvalue weighted by molar-refractivity contribution is -0.128. The van der Waals surface area contributed by atoms with E-state index in [-0.39, 0.29) is 11.6 Å². The molecule has 2 heterocycles. The van der Waals surface area contributed by atoms with Crippen molar-refractivity contribution in [3.05, 3.63) is 0 Å². The molecular formula is C10H18BNO2. The predicted molar refractivity (Wildman–Crippen MR) is 56.0 cm³/mol.